The molecular weight excluding hydrogens is 370 g/mol. The average molecular weight is 388 g/mol. The van der Waals surface area contributed by atoms with Gasteiger partial charge in [-0.2, -0.15) is 0 Å². The van der Waals surface area contributed by atoms with Gasteiger partial charge in [0.15, 0.2) is 0 Å². The summed E-state index contributed by atoms with van der Waals surface area (Å²) in [4.78, 5) is 20.2. The number of rotatable bonds is 4. The van der Waals surface area contributed by atoms with Crippen LogP contribution in [0.1, 0.15) is 22.3 Å². The number of carbonyl (C=O) groups excluding carboxylic acids is 2. The van der Waals surface area contributed by atoms with Gasteiger partial charge in [-0.3, -0.25) is 0 Å². The minimum atomic E-state index is -1.17. The molecule has 0 radical (unpaired) electrons. The van der Waals surface area contributed by atoms with Crippen LogP contribution in [-0.4, -0.2) is 11.9 Å². The van der Waals surface area contributed by atoms with Crippen LogP contribution < -0.4 is 10.2 Å². The molecule has 0 aliphatic rings. The molecular formula is C20H18O4Zn. The van der Waals surface area contributed by atoms with E-state index in [2.05, 4.69) is 0 Å². The van der Waals surface area contributed by atoms with Crippen molar-refractivity contribution >= 4 is 24.1 Å². The fourth-order valence-corrected chi connectivity index (χ4v) is 1.86. The fourth-order valence-electron chi connectivity index (χ4n) is 1.86. The largest absolute Gasteiger partial charge is 2.00 e. The van der Waals surface area contributed by atoms with Gasteiger partial charge in [0.25, 0.3) is 0 Å². The molecule has 2 aromatic rings. The molecule has 0 aromatic heterocycles. The number of carbonyl (C=O) groups is 2. The number of benzene rings is 2. The molecule has 5 heteroatoms. The number of aliphatic carboxylic acids is 2. The van der Waals surface area contributed by atoms with Gasteiger partial charge in [-0.1, -0.05) is 60.7 Å². The number of carboxylic acids is 2. The van der Waals surface area contributed by atoms with Crippen LogP contribution >= 0.6 is 0 Å². The summed E-state index contributed by atoms with van der Waals surface area (Å²) < 4.78 is 0. The van der Waals surface area contributed by atoms with Crippen molar-refractivity contribution in [1.82, 2.24) is 0 Å². The Balaban J connectivity index is 0.000000443. The number of hydrogen-bond acceptors (Lipinski definition) is 4. The van der Waals surface area contributed by atoms with Gasteiger partial charge in [-0.05, 0) is 48.3 Å². The van der Waals surface area contributed by atoms with Gasteiger partial charge in [-0.25, -0.2) is 0 Å². The van der Waals surface area contributed by atoms with Crippen molar-refractivity contribution in [3.05, 3.63) is 82.9 Å². The minimum absolute atomic E-state index is 0. The molecule has 0 amide bonds. The van der Waals surface area contributed by atoms with Crippen molar-refractivity contribution < 1.29 is 39.3 Å². The Kier molecular flexibility index (Phi) is 10.7. The number of carboxylic acid groups (broad SMARTS) is 2. The van der Waals surface area contributed by atoms with Gasteiger partial charge >= 0.3 is 19.5 Å². The van der Waals surface area contributed by atoms with Crippen LogP contribution in [0, 0.1) is 13.8 Å². The summed E-state index contributed by atoms with van der Waals surface area (Å²) >= 11 is 0. The summed E-state index contributed by atoms with van der Waals surface area (Å²) in [6.07, 6.45) is 5.12. The average Bonchev–Trinajstić information content (AvgIpc) is 2.54. The number of aryl methyl sites for hydroxylation is 2. The van der Waals surface area contributed by atoms with Crippen LogP contribution in [0.4, 0.5) is 0 Å². The zero-order valence-electron chi connectivity index (χ0n) is 14.3. The van der Waals surface area contributed by atoms with Gasteiger partial charge in [0, 0.05) is 0 Å². The first-order chi connectivity index (χ1) is 11.4. The molecule has 2 rings (SSSR count). The fraction of sp³-hybridized carbons (Fsp3) is 0.100. The van der Waals surface area contributed by atoms with E-state index >= 15 is 0 Å². The molecule has 2 aromatic carbocycles. The summed E-state index contributed by atoms with van der Waals surface area (Å²) in [5.41, 5.74) is 3.91. The van der Waals surface area contributed by atoms with Crippen LogP contribution in [0.3, 0.4) is 0 Å². The van der Waals surface area contributed by atoms with Crippen molar-refractivity contribution in [2.24, 2.45) is 0 Å². The Morgan fingerprint density at radius 3 is 1.32 bits per heavy atom. The van der Waals surface area contributed by atoms with E-state index in [9.17, 15) is 19.8 Å². The molecule has 0 saturated carbocycles. The minimum Gasteiger partial charge on any atom is -0.545 e. The second kappa shape index (κ2) is 11.9. The van der Waals surface area contributed by atoms with E-state index in [4.69, 9.17) is 0 Å². The Hall–Kier alpha value is -2.52. The molecule has 0 bridgehead atoms. The molecule has 0 aliphatic carbocycles. The van der Waals surface area contributed by atoms with Crippen LogP contribution in [0.15, 0.2) is 60.7 Å². The Bertz CT molecular complexity index is 698. The normalized spacial score (nSPS) is 10.0. The Morgan fingerprint density at radius 1 is 0.720 bits per heavy atom. The molecule has 0 unspecified atom stereocenters. The molecule has 25 heavy (non-hydrogen) atoms. The molecule has 0 N–H and O–H groups in total. The van der Waals surface area contributed by atoms with Crippen LogP contribution in [0.2, 0.25) is 0 Å². The zero-order valence-corrected chi connectivity index (χ0v) is 17.2. The van der Waals surface area contributed by atoms with E-state index in [0.29, 0.717) is 0 Å². The van der Waals surface area contributed by atoms with Gasteiger partial charge in [0.1, 0.15) is 0 Å². The quantitative estimate of drug-likeness (QED) is 0.588. The standard InChI is InChI=1S/2C10H10O2.Zn/c2*1-8-4-2-3-5-9(8)6-7-10(11)12;/h2*2-7H,1H3,(H,11,12);/q;;+2/p-2. The third kappa shape index (κ3) is 9.38. The predicted octanol–water partition coefficient (Wildman–Crippen LogP) is 1.51. The molecule has 0 saturated heterocycles. The van der Waals surface area contributed by atoms with Crippen LogP contribution in [0.5, 0.6) is 0 Å². The molecule has 0 heterocycles. The molecule has 0 spiro atoms. The third-order valence-electron chi connectivity index (χ3n) is 3.17. The smallest absolute Gasteiger partial charge is 0.545 e. The van der Waals surface area contributed by atoms with Crippen LogP contribution in [-0.2, 0) is 29.1 Å². The first kappa shape index (κ1) is 22.5. The van der Waals surface area contributed by atoms with E-state index in [1.54, 1.807) is 0 Å². The maximum Gasteiger partial charge on any atom is 2.00 e. The van der Waals surface area contributed by atoms with Crippen molar-refractivity contribution in [2.45, 2.75) is 13.8 Å². The predicted molar refractivity (Wildman–Crippen MR) is 90.4 cm³/mol. The Morgan fingerprint density at radius 2 is 1.04 bits per heavy atom. The van der Waals surface area contributed by atoms with E-state index in [0.717, 1.165) is 34.4 Å². The summed E-state index contributed by atoms with van der Waals surface area (Å²) in [6.45, 7) is 3.85. The van der Waals surface area contributed by atoms with Crippen molar-refractivity contribution in [2.75, 3.05) is 0 Å². The maximum atomic E-state index is 10.1. The summed E-state index contributed by atoms with van der Waals surface area (Å²) in [7, 11) is 0. The summed E-state index contributed by atoms with van der Waals surface area (Å²) in [5, 5.41) is 20.2. The Labute approximate surface area is 160 Å². The first-order valence-electron chi connectivity index (χ1n) is 7.29. The van der Waals surface area contributed by atoms with Gasteiger partial charge < -0.3 is 19.8 Å². The van der Waals surface area contributed by atoms with Gasteiger partial charge in [-0.15, -0.1) is 0 Å². The second-order valence-electron chi connectivity index (χ2n) is 5.02. The summed E-state index contributed by atoms with van der Waals surface area (Å²) in [6, 6.07) is 15.1. The van der Waals surface area contributed by atoms with E-state index in [1.807, 2.05) is 62.4 Å². The van der Waals surface area contributed by atoms with Gasteiger partial charge in [0.05, 0.1) is 11.9 Å². The van der Waals surface area contributed by atoms with Crippen molar-refractivity contribution in [3.63, 3.8) is 0 Å². The van der Waals surface area contributed by atoms with Gasteiger partial charge in [0.2, 0.25) is 0 Å². The van der Waals surface area contributed by atoms with E-state index in [1.165, 1.54) is 12.2 Å². The van der Waals surface area contributed by atoms with E-state index < -0.39 is 11.9 Å². The van der Waals surface area contributed by atoms with Crippen molar-refractivity contribution in [1.29, 1.82) is 0 Å². The summed E-state index contributed by atoms with van der Waals surface area (Å²) in [5.74, 6) is -2.34. The van der Waals surface area contributed by atoms with Crippen LogP contribution in [0.25, 0.3) is 12.2 Å². The first-order valence-corrected chi connectivity index (χ1v) is 7.29. The molecule has 0 atom stereocenters. The number of hydrogen-bond donors (Lipinski definition) is 0. The molecule has 0 fully saturated rings. The topological polar surface area (TPSA) is 80.3 Å². The monoisotopic (exact) mass is 386 g/mol. The van der Waals surface area contributed by atoms with Crippen molar-refractivity contribution in [3.8, 4) is 0 Å². The molecule has 124 valence electrons. The molecule has 4 nitrogen and oxygen atoms in total. The maximum absolute atomic E-state index is 10.1. The SMILES string of the molecule is Cc1ccccc1C=CC(=O)[O-].Cc1ccccc1C=CC(=O)[O-].[Zn+2]. The second-order valence-corrected chi connectivity index (χ2v) is 5.02. The molecule has 0 aliphatic heterocycles. The third-order valence-corrected chi connectivity index (χ3v) is 3.17. The zero-order chi connectivity index (χ0) is 17.9. The van der Waals surface area contributed by atoms with E-state index in [-0.39, 0.29) is 19.5 Å².